The molecule has 1 aromatic heterocycles. The third-order valence-corrected chi connectivity index (χ3v) is 2.35. The van der Waals surface area contributed by atoms with Gasteiger partial charge in [-0.1, -0.05) is 0 Å². The van der Waals surface area contributed by atoms with Gasteiger partial charge in [0, 0.05) is 16.3 Å². The number of aliphatic carboxylic acids is 1. The first-order valence-electron chi connectivity index (χ1n) is 3.22. The minimum Gasteiger partial charge on any atom is -0.481 e. The van der Waals surface area contributed by atoms with Gasteiger partial charge in [0.05, 0.1) is 6.42 Å². The van der Waals surface area contributed by atoms with Crippen molar-refractivity contribution in [1.29, 1.82) is 0 Å². The van der Waals surface area contributed by atoms with Crippen molar-refractivity contribution in [1.82, 2.24) is 0 Å². The van der Waals surface area contributed by atoms with Gasteiger partial charge >= 0.3 is 5.97 Å². The number of thiophene rings is 1. The number of carboxylic acids is 1. The largest absolute Gasteiger partial charge is 0.481 e. The molecule has 1 heterocycles. The van der Waals surface area contributed by atoms with Crippen LogP contribution in [0.1, 0.15) is 9.75 Å². The standard InChI is InChI=1S/C7H9NO2S.ClH/c8-4-6-2-1-5(11-6)3-7(9)10;/h1-2H,3-4,8H2,(H,9,10);1H. The Bertz CT molecular complexity index is 262. The Morgan fingerprint density at radius 2 is 2.08 bits per heavy atom. The van der Waals surface area contributed by atoms with Crippen molar-refractivity contribution in [3.05, 3.63) is 21.9 Å². The first kappa shape index (κ1) is 11.4. The number of carbonyl (C=O) groups is 1. The molecule has 68 valence electrons. The number of halogens is 1. The molecule has 0 aromatic carbocycles. The first-order valence-corrected chi connectivity index (χ1v) is 4.03. The molecule has 0 saturated carbocycles. The Hall–Kier alpha value is -0.580. The fourth-order valence-corrected chi connectivity index (χ4v) is 1.66. The first-order chi connectivity index (χ1) is 5.22. The molecule has 1 rings (SSSR count). The summed E-state index contributed by atoms with van der Waals surface area (Å²) in [5.41, 5.74) is 5.36. The molecule has 12 heavy (non-hydrogen) atoms. The highest BCUT2D eigenvalue weighted by atomic mass is 35.5. The van der Waals surface area contributed by atoms with Gasteiger partial charge in [0.1, 0.15) is 0 Å². The van der Waals surface area contributed by atoms with Gasteiger partial charge in [-0.15, -0.1) is 23.7 Å². The molecule has 0 fully saturated rings. The van der Waals surface area contributed by atoms with Crippen LogP contribution in [-0.2, 0) is 17.8 Å². The smallest absolute Gasteiger partial charge is 0.308 e. The lowest BCUT2D eigenvalue weighted by Crippen LogP contribution is -1.97. The molecule has 0 amide bonds. The Labute approximate surface area is 80.6 Å². The van der Waals surface area contributed by atoms with E-state index in [1.165, 1.54) is 11.3 Å². The van der Waals surface area contributed by atoms with Gasteiger partial charge in [-0.25, -0.2) is 0 Å². The van der Waals surface area contributed by atoms with Crippen LogP contribution < -0.4 is 5.73 Å². The molecule has 0 radical (unpaired) electrons. The minimum absolute atomic E-state index is 0. The summed E-state index contributed by atoms with van der Waals surface area (Å²) >= 11 is 1.46. The fraction of sp³-hybridized carbons (Fsp3) is 0.286. The minimum atomic E-state index is -0.796. The normalized spacial score (nSPS) is 9.08. The summed E-state index contributed by atoms with van der Waals surface area (Å²) in [5, 5.41) is 8.42. The van der Waals surface area contributed by atoms with Crippen LogP contribution in [0.2, 0.25) is 0 Å². The van der Waals surface area contributed by atoms with Crippen molar-refractivity contribution < 1.29 is 9.90 Å². The average Bonchev–Trinajstić information content (AvgIpc) is 2.34. The van der Waals surface area contributed by atoms with Gasteiger partial charge in [-0.3, -0.25) is 4.79 Å². The van der Waals surface area contributed by atoms with Crippen LogP contribution in [0.15, 0.2) is 12.1 Å². The van der Waals surface area contributed by atoms with Crippen LogP contribution in [0.3, 0.4) is 0 Å². The summed E-state index contributed by atoms with van der Waals surface area (Å²) in [7, 11) is 0. The molecule has 1 aromatic rings. The zero-order chi connectivity index (χ0) is 8.27. The van der Waals surface area contributed by atoms with E-state index in [1.807, 2.05) is 6.07 Å². The zero-order valence-electron chi connectivity index (χ0n) is 6.32. The summed E-state index contributed by atoms with van der Waals surface area (Å²) in [5.74, 6) is -0.796. The van der Waals surface area contributed by atoms with E-state index in [0.717, 1.165) is 9.75 Å². The Morgan fingerprint density at radius 3 is 2.50 bits per heavy atom. The molecule has 3 N–H and O–H groups in total. The zero-order valence-corrected chi connectivity index (χ0v) is 7.95. The van der Waals surface area contributed by atoms with Crippen LogP contribution in [0.25, 0.3) is 0 Å². The topological polar surface area (TPSA) is 63.3 Å². The monoisotopic (exact) mass is 207 g/mol. The van der Waals surface area contributed by atoms with Crippen LogP contribution >= 0.6 is 23.7 Å². The molecule has 0 aliphatic heterocycles. The lowest BCUT2D eigenvalue weighted by Gasteiger charge is -1.87. The highest BCUT2D eigenvalue weighted by Crippen LogP contribution is 2.15. The average molecular weight is 208 g/mol. The van der Waals surface area contributed by atoms with E-state index < -0.39 is 5.97 Å². The maximum Gasteiger partial charge on any atom is 0.308 e. The highest BCUT2D eigenvalue weighted by Gasteiger charge is 2.02. The molecule has 0 spiro atoms. The second kappa shape index (κ2) is 5.13. The van der Waals surface area contributed by atoms with Gasteiger partial charge in [-0.2, -0.15) is 0 Å². The predicted octanol–water partition coefficient (Wildman–Crippen LogP) is 1.26. The predicted molar refractivity (Wildman–Crippen MR) is 50.8 cm³/mol. The van der Waals surface area contributed by atoms with Crippen molar-refractivity contribution in [2.75, 3.05) is 0 Å². The molecule has 0 unspecified atom stereocenters. The second-order valence-corrected chi connectivity index (χ2v) is 3.40. The van der Waals surface area contributed by atoms with Gasteiger partial charge in [0.2, 0.25) is 0 Å². The third kappa shape index (κ3) is 3.21. The second-order valence-electron chi connectivity index (χ2n) is 2.14. The van der Waals surface area contributed by atoms with E-state index in [2.05, 4.69) is 0 Å². The van der Waals surface area contributed by atoms with E-state index >= 15 is 0 Å². The van der Waals surface area contributed by atoms with Crippen LogP contribution in [0, 0.1) is 0 Å². The van der Waals surface area contributed by atoms with Crippen LogP contribution in [0.4, 0.5) is 0 Å². The summed E-state index contributed by atoms with van der Waals surface area (Å²) in [4.78, 5) is 12.1. The van der Waals surface area contributed by atoms with Gasteiger partial charge in [0.15, 0.2) is 0 Å². The maximum atomic E-state index is 10.2. The SMILES string of the molecule is Cl.NCc1ccc(CC(=O)O)s1. The van der Waals surface area contributed by atoms with Gasteiger partial charge < -0.3 is 10.8 Å². The third-order valence-electron chi connectivity index (χ3n) is 1.24. The maximum absolute atomic E-state index is 10.2. The Kier molecular flexibility index (Phi) is 4.89. The van der Waals surface area contributed by atoms with Crippen LogP contribution in [0.5, 0.6) is 0 Å². The highest BCUT2D eigenvalue weighted by molar-refractivity contribution is 7.12. The molecule has 0 bridgehead atoms. The quantitative estimate of drug-likeness (QED) is 0.785. The summed E-state index contributed by atoms with van der Waals surface area (Å²) in [6.45, 7) is 0.490. The summed E-state index contributed by atoms with van der Waals surface area (Å²) in [6, 6.07) is 3.67. The molecule has 3 nitrogen and oxygen atoms in total. The summed E-state index contributed by atoms with van der Waals surface area (Å²) < 4.78 is 0. The number of rotatable bonds is 3. The van der Waals surface area contributed by atoms with Crippen molar-refractivity contribution in [2.24, 2.45) is 5.73 Å². The summed E-state index contributed by atoms with van der Waals surface area (Å²) in [6.07, 6.45) is 0.102. The van der Waals surface area contributed by atoms with Crippen LogP contribution in [-0.4, -0.2) is 11.1 Å². The van der Waals surface area contributed by atoms with E-state index in [-0.39, 0.29) is 18.8 Å². The number of hydrogen-bond acceptors (Lipinski definition) is 3. The van der Waals surface area contributed by atoms with Gasteiger partial charge in [0.25, 0.3) is 0 Å². The Balaban J connectivity index is 0.00000121. The lowest BCUT2D eigenvalue weighted by molar-refractivity contribution is -0.136. The molecule has 5 heteroatoms. The number of nitrogens with two attached hydrogens (primary N) is 1. The molecule has 0 atom stereocenters. The molecule has 0 saturated heterocycles. The number of hydrogen-bond donors (Lipinski definition) is 2. The Morgan fingerprint density at radius 1 is 1.50 bits per heavy atom. The molecular weight excluding hydrogens is 198 g/mol. The van der Waals surface area contributed by atoms with Crippen molar-refractivity contribution in [2.45, 2.75) is 13.0 Å². The van der Waals surface area contributed by atoms with E-state index in [0.29, 0.717) is 6.54 Å². The molecular formula is C7H10ClNO2S. The van der Waals surface area contributed by atoms with Crippen molar-refractivity contribution in [3.63, 3.8) is 0 Å². The van der Waals surface area contributed by atoms with E-state index in [4.69, 9.17) is 10.8 Å². The molecule has 0 aliphatic rings. The van der Waals surface area contributed by atoms with Gasteiger partial charge in [-0.05, 0) is 12.1 Å². The van der Waals surface area contributed by atoms with Crippen molar-refractivity contribution >= 4 is 29.7 Å². The fourth-order valence-electron chi connectivity index (χ4n) is 0.776. The number of carboxylic acid groups (broad SMARTS) is 1. The lowest BCUT2D eigenvalue weighted by atomic mass is 10.3. The molecule has 0 aliphatic carbocycles. The van der Waals surface area contributed by atoms with E-state index in [1.54, 1.807) is 6.07 Å². The van der Waals surface area contributed by atoms with Crippen molar-refractivity contribution in [3.8, 4) is 0 Å². The van der Waals surface area contributed by atoms with E-state index in [9.17, 15) is 4.79 Å².